The summed E-state index contributed by atoms with van der Waals surface area (Å²) in [6.07, 6.45) is 0. The summed E-state index contributed by atoms with van der Waals surface area (Å²) in [6.45, 7) is 2.97. The second-order valence-corrected chi connectivity index (χ2v) is 4.93. The molecule has 4 nitrogen and oxygen atoms in total. The molecule has 2 aromatic rings. The van der Waals surface area contributed by atoms with Crippen LogP contribution in [0.25, 0.3) is 0 Å². The van der Waals surface area contributed by atoms with Crippen LogP contribution in [0, 0.1) is 0 Å². The van der Waals surface area contributed by atoms with E-state index in [1.165, 1.54) is 0 Å². The van der Waals surface area contributed by atoms with E-state index in [2.05, 4.69) is 5.32 Å². The van der Waals surface area contributed by atoms with Gasteiger partial charge in [-0.05, 0) is 31.2 Å². The predicted molar refractivity (Wildman–Crippen MR) is 86.7 cm³/mol. The minimum Gasteiger partial charge on any atom is -0.497 e. The Morgan fingerprint density at radius 1 is 1.05 bits per heavy atom. The number of hydrogen-bond donors (Lipinski definition) is 1. The Kier molecular flexibility index (Phi) is 5.98. The number of hydrogen-bond acceptors (Lipinski definition) is 4. The van der Waals surface area contributed by atoms with Crippen molar-refractivity contribution in [1.29, 1.82) is 0 Å². The lowest BCUT2D eigenvalue weighted by Crippen LogP contribution is -2.36. The van der Waals surface area contributed by atoms with Gasteiger partial charge in [-0.1, -0.05) is 30.3 Å². The molecule has 4 heteroatoms. The molecule has 0 aliphatic heterocycles. The fourth-order valence-corrected chi connectivity index (χ4v) is 2.06. The van der Waals surface area contributed by atoms with Gasteiger partial charge in [-0.3, -0.25) is 4.79 Å². The van der Waals surface area contributed by atoms with Gasteiger partial charge in [0.15, 0.2) is 5.78 Å². The van der Waals surface area contributed by atoms with E-state index in [1.54, 1.807) is 7.11 Å². The number of rotatable bonds is 8. The molecule has 0 fully saturated rings. The van der Waals surface area contributed by atoms with Crippen LogP contribution < -0.4 is 14.8 Å². The summed E-state index contributed by atoms with van der Waals surface area (Å²) in [7, 11) is 1.63. The summed E-state index contributed by atoms with van der Waals surface area (Å²) in [6, 6.07) is 16.5. The Morgan fingerprint density at radius 2 is 1.68 bits per heavy atom. The van der Waals surface area contributed by atoms with Crippen LogP contribution in [-0.4, -0.2) is 32.1 Å². The van der Waals surface area contributed by atoms with Crippen LogP contribution >= 0.6 is 0 Å². The summed E-state index contributed by atoms with van der Waals surface area (Å²) in [5.41, 5.74) is 0.721. The Labute approximate surface area is 131 Å². The topological polar surface area (TPSA) is 47.6 Å². The third kappa shape index (κ3) is 4.60. The Bertz CT molecular complexity index is 581. The van der Waals surface area contributed by atoms with E-state index in [4.69, 9.17) is 9.47 Å². The zero-order valence-corrected chi connectivity index (χ0v) is 12.9. The van der Waals surface area contributed by atoms with E-state index in [9.17, 15) is 4.79 Å². The number of carbonyl (C=O) groups is 1. The molecule has 1 N–H and O–H groups in total. The highest BCUT2D eigenvalue weighted by atomic mass is 16.5. The number of ketones is 1. The molecule has 0 aliphatic carbocycles. The highest BCUT2D eigenvalue weighted by molar-refractivity contribution is 5.99. The van der Waals surface area contributed by atoms with Crippen LogP contribution in [0.1, 0.15) is 17.3 Å². The molecule has 0 aromatic heterocycles. The van der Waals surface area contributed by atoms with Crippen molar-refractivity contribution >= 4 is 5.78 Å². The minimum absolute atomic E-state index is 0.0880. The zero-order valence-electron chi connectivity index (χ0n) is 12.9. The summed E-state index contributed by atoms with van der Waals surface area (Å²) >= 11 is 0. The summed E-state index contributed by atoms with van der Waals surface area (Å²) in [4.78, 5) is 12.2. The van der Waals surface area contributed by atoms with E-state index in [-0.39, 0.29) is 11.8 Å². The molecule has 0 radical (unpaired) electrons. The van der Waals surface area contributed by atoms with Gasteiger partial charge < -0.3 is 14.8 Å². The Morgan fingerprint density at radius 3 is 2.32 bits per heavy atom. The van der Waals surface area contributed by atoms with Gasteiger partial charge in [-0.25, -0.2) is 0 Å². The maximum absolute atomic E-state index is 12.2. The summed E-state index contributed by atoms with van der Waals surface area (Å²) in [5.74, 6) is 1.67. The number of carbonyl (C=O) groups excluding carboxylic acids is 1. The molecule has 116 valence electrons. The molecule has 22 heavy (non-hydrogen) atoms. The van der Waals surface area contributed by atoms with Gasteiger partial charge in [-0.2, -0.15) is 0 Å². The molecule has 0 spiro atoms. The molecule has 0 heterocycles. The van der Waals surface area contributed by atoms with Crippen molar-refractivity contribution in [1.82, 2.24) is 5.32 Å². The van der Waals surface area contributed by atoms with E-state index in [1.807, 2.05) is 61.5 Å². The molecule has 0 bridgehead atoms. The SMILES string of the molecule is COc1ccc(OCCNC(C)C(=O)c2ccccc2)cc1. The lowest BCUT2D eigenvalue weighted by Gasteiger charge is -2.13. The number of Topliss-reactive ketones (excluding diaryl/α,β-unsaturated/α-hetero) is 1. The van der Waals surface area contributed by atoms with Crippen LogP contribution in [0.15, 0.2) is 54.6 Å². The van der Waals surface area contributed by atoms with Crippen LogP contribution in [0.2, 0.25) is 0 Å². The lowest BCUT2D eigenvalue weighted by molar-refractivity contribution is 0.0949. The number of nitrogens with one attached hydrogen (secondary N) is 1. The highest BCUT2D eigenvalue weighted by Crippen LogP contribution is 2.16. The van der Waals surface area contributed by atoms with Crippen molar-refractivity contribution < 1.29 is 14.3 Å². The smallest absolute Gasteiger partial charge is 0.179 e. The molecule has 0 saturated carbocycles. The third-order valence-electron chi connectivity index (χ3n) is 3.33. The van der Waals surface area contributed by atoms with Crippen molar-refractivity contribution in [2.45, 2.75) is 13.0 Å². The van der Waals surface area contributed by atoms with Gasteiger partial charge in [-0.15, -0.1) is 0 Å². The third-order valence-corrected chi connectivity index (χ3v) is 3.33. The average Bonchev–Trinajstić information content (AvgIpc) is 2.59. The largest absolute Gasteiger partial charge is 0.497 e. The number of methoxy groups -OCH3 is 1. The molecule has 2 rings (SSSR count). The van der Waals surface area contributed by atoms with Gasteiger partial charge >= 0.3 is 0 Å². The Balaban J connectivity index is 1.72. The van der Waals surface area contributed by atoms with Crippen LogP contribution in [0.5, 0.6) is 11.5 Å². The van der Waals surface area contributed by atoms with Crippen molar-refractivity contribution in [2.24, 2.45) is 0 Å². The molecule has 2 aromatic carbocycles. The van der Waals surface area contributed by atoms with E-state index in [0.29, 0.717) is 13.2 Å². The second kappa shape index (κ2) is 8.20. The van der Waals surface area contributed by atoms with Crippen molar-refractivity contribution in [2.75, 3.05) is 20.3 Å². The van der Waals surface area contributed by atoms with Gasteiger partial charge in [0, 0.05) is 12.1 Å². The first-order chi connectivity index (χ1) is 10.7. The van der Waals surface area contributed by atoms with Gasteiger partial charge in [0.2, 0.25) is 0 Å². The Hall–Kier alpha value is -2.33. The standard InChI is InChI=1S/C18H21NO3/c1-14(18(20)15-6-4-3-5-7-15)19-12-13-22-17-10-8-16(21-2)9-11-17/h3-11,14,19H,12-13H2,1-2H3. The van der Waals surface area contributed by atoms with Crippen molar-refractivity contribution in [3.63, 3.8) is 0 Å². The quantitative estimate of drug-likeness (QED) is 0.601. The van der Waals surface area contributed by atoms with Crippen LogP contribution in [0.4, 0.5) is 0 Å². The predicted octanol–water partition coefficient (Wildman–Crippen LogP) is 2.94. The van der Waals surface area contributed by atoms with Gasteiger partial charge in [0.1, 0.15) is 18.1 Å². The van der Waals surface area contributed by atoms with Gasteiger partial charge in [0.25, 0.3) is 0 Å². The fraction of sp³-hybridized carbons (Fsp3) is 0.278. The van der Waals surface area contributed by atoms with Crippen LogP contribution in [0.3, 0.4) is 0 Å². The summed E-state index contributed by atoms with van der Waals surface area (Å²) in [5, 5.41) is 3.17. The first-order valence-electron chi connectivity index (χ1n) is 7.30. The molecule has 1 unspecified atom stereocenters. The maximum atomic E-state index is 12.2. The summed E-state index contributed by atoms with van der Waals surface area (Å²) < 4.78 is 10.7. The van der Waals surface area contributed by atoms with Crippen molar-refractivity contribution in [3.05, 3.63) is 60.2 Å². The molecular weight excluding hydrogens is 278 g/mol. The van der Waals surface area contributed by atoms with Crippen LogP contribution in [-0.2, 0) is 0 Å². The monoisotopic (exact) mass is 299 g/mol. The average molecular weight is 299 g/mol. The number of ether oxygens (including phenoxy) is 2. The maximum Gasteiger partial charge on any atom is 0.179 e. The van der Waals surface area contributed by atoms with E-state index >= 15 is 0 Å². The highest BCUT2D eigenvalue weighted by Gasteiger charge is 2.13. The zero-order chi connectivity index (χ0) is 15.8. The molecule has 0 saturated heterocycles. The second-order valence-electron chi connectivity index (χ2n) is 4.93. The first-order valence-corrected chi connectivity index (χ1v) is 7.30. The fourth-order valence-electron chi connectivity index (χ4n) is 2.06. The molecule has 0 amide bonds. The normalized spacial score (nSPS) is 11.7. The molecule has 1 atom stereocenters. The molecule has 0 aliphatic rings. The first kappa shape index (κ1) is 16.0. The lowest BCUT2D eigenvalue weighted by atomic mass is 10.1. The van der Waals surface area contributed by atoms with E-state index < -0.39 is 0 Å². The molecular formula is C18H21NO3. The van der Waals surface area contributed by atoms with Crippen molar-refractivity contribution in [3.8, 4) is 11.5 Å². The number of benzene rings is 2. The van der Waals surface area contributed by atoms with Gasteiger partial charge in [0.05, 0.1) is 13.2 Å². The van der Waals surface area contributed by atoms with E-state index in [0.717, 1.165) is 17.1 Å². The minimum atomic E-state index is -0.234.